The first-order chi connectivity index (χ1) is 12.8. The average molecular weight is 347 g/mol. The summed E-state index contributed by atoms with van der Waals surface area (Å²) in [6.45, 7) is -0.250. The first-order valence-electron chi connectivity index (χ1n) is 7.84. The molecule has 0 saturated heterocycles. The van der Waals surface area contributed by atoms with Gasteiger partial charge in [0.2, 0.25) is 0 Å². The fourth-order valence-electron chi connectivity index (χ4n) is 2.46. The first-order valence-corrected chi connectivity index (χ1v) is 7.84. The number of aromatic nitrogens is 4. The summed E-state index contributed by atoms with van der Waals surface area (Å²) in [6, 6.07) is 18.3. The Labute approximate surface area is 150 Å². The highest BCUT2D eigenvalue weighted by molar-refractivity contribution is 5.66. The molecule has 4 aromatic rings. The van der Waals surface area contributed by atoms with E-state index in [0.29, 0.717) is 0 Å². The summed E-state index contributed by atoms with van der Waals surface area (Å²) in [7, 11) is 0. The minimum atomic E-state index is -0.250. The molecule has 0 unspecified atom stereocenters. The van der Waals surface area contributed by atoms with Gasteiger partial charge >= 0.3 is 0 Å². The van der Waals surface area contributed by atoms with E-state index in [0.717, 1.165) is 28.3 Å². The monoisotopic (exact) mass is 347 g/mol. The van der Waals surface area contributed by atoms with Gasteiger partial charge in [-0.2, -0.15) is 5.10 Å². The van der Waals surface area contributed by atoms with Crippen LogP contribution < -0.4 is 5.32 Å². The third-order valence-electron chi connectivity index (χ3n) is 3.60. The van der Waals surface area contributed by atoms with Crippen molar-refractivity contribution in [2.75, 3.05) is 5.32 Å². The second kappa shape index (κ2) is 8.29. The van der Waals surface area contributed by atoms with Gasteiger partial charge in [0.25, 0.3) is 6.47 Å². The molecule has 2 heterocycles. The fraction of sp³-hybridized carbons (Fsp3) is 0. The molecule has 0 aliphatic rings. The zero-order valence-electron chi connectivity index (χ0n) is 13.8. The van der Waals surface area contributed by atoms with Crippen molar-refractivity contribution in [1.82, 2.24) is 19.7 Å². The van der Waals surface area contributed by atoms with Gasteiger partial charge in [0.1, 0.15) is 0 Å². The highest BCUT2D eigenvalue weighted by Gasteiger charge is 2.01. The smallest absolute Gasteiger partial charge is 0.290 e. The summed E-state index contributed by atoms with van der Waals surface area (Å²) in [6.07, 6.45) is 7.20. The molecule has 7 heteroatoms. The van der Waals surface area contributed by atoms with Crippen LogP contribution in [0.2, 0.25) is 0 Å². The van der Waals surface area contributed by atoms with E-state index in [-0.39, 0.29) is 6.47 Å². The lowest BCUT2D eigenvalue weighted by Crippen LogP contribution is -1.96. The van der Waals surface area contributed by atoms with Crippen LogP contribution in [0.4, 0.5) is 11.4 Å². The van der Waals surface area contributed by atoms with Crippen molar-refractivity contribution in [3.8, 4) is 16.9 Å². The van der Waals surface area contributed by atoms with Gasteiger partial charge in [-0.25, -0.2) is 9.67 Å². The summed E-state index contributed by atoms with van der Waals surface area (Å²) in [4.78, 5) is 15.5. The van der Waals surface area contributed by atoms with E-state index in [1.807, 2.05) is 41.3 Å². The van der Waals surface area contributed by atoms with E-state index in [9.17, 15) is 0 Å². The van der Waals surface area contributed by atoms with E-state index < -0.39 is 0 Å². The highest BCUT2D eigenvalue weighted by Crippen LogP contribution is 2.22. The largest absolute Gasteiger partial charge is 0.483 e. The zero-order chi connectivity index (χ0) is 18.2. The van der Waals surface area contributed by atoms with E-state index >= 15 is 0 Å². The van der Waals surface area contributed by atoms with Gasteiger partial charge in [-0.15, -0.1) is 0 Å². The average Bonchev–Trinajstić information content (AvgIpc) is 3.38. The van der Waals surface area contributed by atoms with Crippen molar-refractivity contribution >= 4 is 17.8 Å². The van der Waals surface area contributed by atoms with Crippen molar-refractivity contribution in [3.63, 3.8) is 0 Å². The Hall–Kier alpha value is -3.87. The van der Waals surface area contributed by atoms with Gasteiger partial charge < -0.3 is 15.4 Å². The molecule has 0 spiro atoms. The molecule has 0 aliphatic carbocycles. The molecule has 2 aromatic carbocycles. The number of benzene rings is 2. The maximum Gasteiger partial charge on any atom is 0.290 e. The summed E-state index contributed by atoms with van der Waals surface area (Å²) in [5.74, 6) is 0. The molecule has 7 nitrogen and oxygen atoms in total. The van der Waals surface area contributed by atoms with Crippen molar-refractivity contribution < 1.29 is 9.90 Å². The number of aromatic amines is 1. The summed E-state index contributed by atoms with van der Waals surface area (Å²) in [5.41, 5.74) is 5.20. The normalized spacial score (nSPS) is 9.85. The van der Waals surface area contributed by atoms with Gasteiger partial charge in [0.05, 0.1) is 23.9 Å². The molecular formula is C19H17N5O2. The highest BCUT2D eigenvalue weighted by atomic mass is 16.3. The third-order valence-corrected chi connectivity index (χ3v) is 3.60. The van der Waals surface area contributed by atoms with Crippen molar-refractivity contribution in [2.24, 2.45) is 0 Å². The van der Waals surface area contributed by atoms with Crippen LogP contribution in [0.3, 0.4) is 0 Å². The second-order valence-corrected chi connectivity index (χ2v) is 5.27. The topological polar surface area (TPSA) is 95.8 Å². The Morgan fingerprint density at radius 1 is 1.08 bits per heavy atom. The molecular weight excluding hydrogens is 330 g/mol. The summed E-state index contributed by atoms with van der Waals surface area (Å²) < 4.78 is 1.84. The Bertz CT molecular complexity index is 933. The van der Waals surface area contributed by atoms with Crippen LogP contribution in [0.15, 0.2) is 79.5 Å². The Morgan fingerprint density at radius 3 is 2.54 bits per heavy atom. The standard InChI is InChI=1S/C18H15N5.CH2O2/c1-3-16(11-17(4-1)23-10-2-9-21-23)22-15-7-5-14(6-8-15)18-12-19-13-20-18;2-1-3/h1-13,22H,(H,19,20);1H,(H,2,3). The predicted octanol–water partition coefficient (Wildman–Crippen LogP) is 3.71. The Balaban J connectivity index is 0.000000613. The molecule has 130 valence electrons. The molecule has 3 N–H and O–H groups in total. The number of hydrogen-bond donors (Lipinski definition) is 3. The van der Waals surface area contributed by atoms with E-state index in [2.05, 4.69) is 50.7 Å². The van der Waals surface area contributed by atoms with Crippen LogP contribution in [-0.2, 0) is 4.79 Å². The summed E-state index contributed by atoms with van der Waals surface area (Å²) >= 11 is 0. The van der Waals surface area contributed by atoms with Crippen molar-refractivity contribution in [1.29, 1.82) is 0 Å². The number of H-pyrrole nitrogens is 1. The molecule has 4 rings (SSSR count). The van der Waals surface area contributed by atoms with Gasteiger partial charge in [0, 0.05) is 23.8 Å². The predicted molar refractivity (Wildman–Crippen MR) is 99.6 cm³/mol. The van der Waals surface area contributed by atoms with E-state index in [1.165, 1.54) is 0 Å². The number of nitrogens with zero attached hydrogens (tertiary/aromatic N) is 3. The molecule has 26 heavy (non-hydrogen) atoms. The number of carbonyl (C=O) groups is 1. The number of carboxylic acid groups (broad SMARTS) is 1. The number of hydrogen-bond acceptors (Lipinski definition) is 4. The van der Waals surface area contributed by atoms with Crippen molar-refractivity contribution in [2.45, 2.75) is 0 Å². The maximum atomic E-state index is 8.36. The fourth-order valence-corrected chi connectivity index (χ4v) is 2.46. The van der Waals surface area contributed by atoms with Crippen LogP contribution in [0.5, 0.6) is 0 Å². The number of rotatable bonds is 4. The SMILES string of the molecule is O=CO.c1cc(Nc2ccc(-c3cnc[nH]3)cc2)cc(-n2cccn2)c1. The number of nitrogens with one attached hydrogen (secondary N) is 2. The van der Waals surface area contributed by atoms with Crippen LogP contribution >= 0.6 is 0 Å². The van der Waals surface area contributed by atoms with E-state index in [1.54, 1.807) is 12.5 Å². The molecule has 0 bridgehead atoms. The lowest BCUT2D eigenvalue weighted by atomic mass is 10.1. The zero-order valence-corrected chi connectivity index (χ0v) is 13.8. The quantitative estimate of drug-likeness (QED) is 0.489. The number of anilines is 2. The second-order valence-electron chi connectivity index (χ2n) is 5.27. The van der Waals surface area contributed by atoms with Crippen LogP contribution in [0.25, 0.3) is 16.9 Å². The Kier molecular flexibility index (Phi) is 5.41. The summed E-state index contributed by atoms with van der Waals surface area (Å²) in [5, 5.41) is 14.6. The first kappa shape index (κ1) is 17.0. The molecule has 0 atom stereocenters. The van der Waals surface area contributed by atoms with Gasteiger partial charge in [-0.05, 0) is 42.0 Å². The lowest BCUT2D eigenvalue weighted by Gasteiger charge is -2.09. The molecule has 0 amide bonds. The van der Waals surface area contributed by atoms with Gasteiger partial charge in [0.15, 0.2) is 0 Å². The minimum Gasteiger partial charge on any atom is -0.483 e. The van der Waals surface area contributed by atoms with Crippen LogP contribution in [0, 0.1) is 0 Å². The van der Waals surface area contributed by atoms with Crippen LogP contribution in [-0.4, -0.2) is 31.3 Å². The Morgan fingerprint density at radius 2 is 1.88 bits per heavy atom. The minimum absolute atomic E-state index is 0.250. The molecule has 0 radical (unpaired) electrons. The van der Waals surface area contributed by atoms with Crippen molar-refractivity contribution in [3.05, 3.63) is 79.5 Å². The van der Waals surface area contributed by atoms with E-state index in [4.69, 9.17) is 9.90 Å². The number of imidazole rings is 1. The lowest BCUT2D eigenvalue weighted by molar-refractivity contribution is -0.122. The maximum absolute atomic E-state index is 8.36. The van der Waals surface area contributed by atoms with Gasteiger partial charge in [-0.1, -0.05) is 18.2 Å². The third kappa shape index (κ3) is 4.15. The molecule has 0 saturated carbocycles. The molecule has 0 aliphatic heterocycles. The van der Waals surface area contributed by atoms with Gasteiger partial charge in [-0.3, -0.25) is 4.79 Å². The van der Waals surface area contributed by atoms with Crippen LogP contribution in [0.1, 0.15) is 0 Å². The molecule has 0 fully saturated rings. The molecule has 2 aromatic heterocycles.